The monoisotopic (exact) mass is 198 g/mol. The maximum Gasteiger partial charge on any atom is 0.267 e. The number of carbonyl (C=O) groups excluding carboxylic acids is 1. The predicted molar refractivity (Wildman–Crippen MR) is 49.4 cm³/mol. The molecule has 1 fully saturated rings. The van der Waals surface area contributed by atoms with Gasteiger partial charge in [-0.3, -0.25) is 4.79 Å². The number of nitrogens with one attached hydrogen (secondary N) is 1. The minimum absolute atomic E-state index is 0.141. The van der Waals surface area contributed by atoms with E-state index in [0.29, 0.717) is 10.9 Å². The van der Waals surface area contributed by atoms with E-state index in [4.69, 9.17) is 5.73 Å². The van der Waals surface area contributed by atoms with E-state index >= 15 is 0 Å². The molecule has 6 heteroatoms. The van der Waals surface area contributed by atoms with Gasteiger partial charge in [0.1, 0.15) is 0 Å². The number of hydrogen-bond donors (Lipinski definition) is 2. The van der Waals surface area contributed by atoms with Crippen LogP contribution in [0.3, 0.4) is 0 Å². The summed E-state index contributed by atoms with van der Waals surface area (Å²) in [4.78, 5) is 11.9. The Balaban J connectivity index is 2.00. The van der Waals surface area contributed by atoms with E-state index in [2.05, 4.69) is 14.9 Å². The molecule has 0 saturated heterocycles. The Labute approximate surface area is 79.5 Å². The molecule has 13 heavy (non-hydrogen) atoms. The lowest BCUT2D eigenvalue weighted by molar-refractivity contribution is 0.0922. The Morgan fingerprint density at radius 1 is 1.62 bits per heavy atom. The Bertz CT molecular complexity index is 320. The highest BCUT2D eigenvalue weighted by Crippen LogP contribution is 2.20. The van der Waals surface area contributed by atoms with Crippen LogP contribution in [0.1, 0.15) is 28.9 Å². The Morgan fingerprint density at radius 2 is 2.38 bits per heavy atom. The van der Waals surface area contributed by atoms with Crippen LogP contribution in [0.25, 0.3) is 0 Å². The van der Waals surface area contributed by atoms with E-state index < -0.39 is 0 Å². The molecule has 1 aliphatic carbocycles. The van der Waals surface area contributed by atoms with Gasteiger partial charge in [-0.15, -0.1) is 5.10 Å². The molecule has 0 aliphatic heterocycles. The summed E-state index contributed by atoms with van der Waals surface area (Å²) in [5, 5.41) is 6.45. The molecule has 0 atom stereocenters. The lowest BCUT2D eigenvalue weighted by Gasteiger charge is -2.25. The standard InChI is InChI=1S/C7H10N4OS/c8-6-5(13-11-10-6)7(12)9-4-2-1-3-4/h4H,1-3,8H2,(H,9,12). The normalized spacial score (nSPS) is 16.6. The second-order valence-corrected chi connectivity index (χ2v) is 3.84. The smallest absolute Gasteiger partial charge is 0.267 e. The van der Waals surface area contributed by atoms with Crippen molar-refractivity contribution in [1.82, 2.24) is 14.9 Å². The maximum atomic E-state index is 11.5. The van der Waals surface area contributed by atoms with E-state index in [-0.39, 0.29) is 11.7 Å². The van der Waals surface area contributed by atoms with E-state index in [1.807, 2.05) is 0 Å². The molecular formula is C7H10N4OS. The molecule has 1 aliphatic rings. The van der Waals surface area contributed by atoms with E-state index in [1.54, 1.807) is 0 Å². The lowest BCUT2D eigenvalue weighted by Crippen LogP contribution is -2.39. The molecule has 1 saturated carbocycles. The quantitative estimate of drug-likeness (QED) is 0.720. The molecular weight excluding hydrogens is 188 g/mol. The van der Waals surface area contributed by atoms with Gasteiger partial charge in [-0.05, 0) is 30.8 Å². The summed E-state index contributed by atoms with van der Waals surface area (Å²) in [5.74, 6) is 0.0824. The van der Waals surface area contributed by atoms with Gasteiger partial charge in [0.2, 0.25) is 0 Å². The highest BCUT2D eigenvalue weighted by Gasteiger charge is 2.22. The van der Waals surface area contributed by atoms with Crippen LogP contribution in [0.15, 0.2) is 0 Å². The highest BCUT2D eigenvalue weighted by molar-refractivity contribution is 7.08. The zero-order valence-corrected chi connectivity index (χ0v) is 7.80. The maximum absolute atomic E-state index is 11.5. The molecule has 1 aromatic rings. The van der Waals surface area contributed by atoms with Gasteiger partial charge >= 0.3 is 0 Å². The lowest BCUT2D eigenvalue weighted by atomic mass is 9.93. The summed E-state index contributed by atoms with van der Waals surface area (Å²) >= 11 is 1.04. The zero-order valence-electron chi connectivity index (χ0n) is 6.99. The van der Waals surface area contributed by atoms with Crippen LogP contribution in [-0.4, -0.2) is 21.5 Å². The van der Waals surface area contributed by atoms with Crippen LogP contribution in [0, 0.1) is 0 Å². The largest absolute Gasteiger partial charge is 0.381 e. The SMILES string of the molecule is Nc1nnsc1C(=O)NC1CCC1. The van der Waals surface area contributed by atoms with Crippen molar-refractivity contribution < 1.29 is 4.79 Å². The van der Waals surface area contributed by atoms with Crippen molar-refractivity contribution >= 4 is 23.3 Å². The van der Waals surface area contributed by atoms with Gasteiger partial charge in [-0.2, -0.15) is 0 Å². The number of amides is 1. The molecule has 0 aromatic carbocycles. The Morgan fingerprint density at radius 3 is 2.85 bits per heavy atom. The minimum Gasteiger partial charge on any atom is -0.381 e. The van der Waals surface area contributed by atoms with E-state index in [9.17, 15) is 4.79 Å². The van der Waals surface area contributed by atoms with Crippen molar-refractivity contribution in [3.63, 3.8) is 0 Å². The summed E-state index contributed by atoms with van der Waals surface area (Å²) in [6.45, 7) is 0. The number of rotatable bonds is 2. The fourth-order valence-electron chi connectivity index (χ4n) is 1.16. The number of nitrogens with zero attached hydrogens (tertiary/aromatic N) is 2. The third-order valence-corrected chi connectivity index (χ3v) is 2.90. The van der Waals surface area contributed by atoms with Gasteiger partial charge in [0.05, 0.1) is 0 Å². The Kier molecular flexibility index (Phi) is 2.13. The van der Waals surface area contributed by atoms with Crippen LogP contribution in [0.4, 0.5) is 5.82 Å². The molecule has 2 rings (SSSR count). The molecule has 1 aromatic heterocycles. The van der Waals surface area contributed by atoms with E-state index in [0.717, 1.165) is 24.4 Å². The van der Waals surface area contributed by atoms with Crippen molar-refractivity contribution in [2.45, 2.75) is 25.3 Å². The molecule has 0 radical (unpaired) electrons. The van der Waals surface area contributed by atoms with Crippen LogP contribution in [0.2, 0.25) is 0 Å². The van der Waals surface area contributed by atoms with Gasteiger partial charge in [0.25, 0.3) is 5.91 Å². The summed E-state index contributed by atoms with van der Waals surface area (Å²) < 4.78 is 3.60. The number of carbonyl (C=O) groups is 1. The summed E-state index contributed by atoms with van der Waals surface area (Å²) in [5.41, 5.74) is 5.45. The molecule has 0 unspecified atom stereocenters. The minimum atomic E-state index is -0.141. The van der Waals surface area contributed by atoms with Gasteiger partial charge in [0.15, 0.2) is 10.7 Å². The second-order valence-electron chi connectivity index (χ2n) is 3.09. The average molecular weight is 198 g/mol. The third kappa shape index (κ3) is 1.62. The molecule has 1 heterocycles. The van der Waals surface area contributed by atoms with Crippen molar-refractivity contribution in [1.29, 1.82) is 0 Å². The van der Waals surface area contributed by atoms with Crippen molar-refractivity contribution in [3.05, 3.63) is 4.88 Å². The molecule has 5 nitrogen and oxygen atoms in total. The fraction of sp³-hybridized carbons (Fsp3) is 0.571. The molecule has 1 amide bonds. The number of anilines is 1. The van der Waals surface area contributed by atoms with Gasteiger partial charge in [-0.25, -0.2) is 0 Å². The first-order valence-corrected chi connectivity index (χ1v) is 4.93. The molecule has 0 spiro atoms. The second kappa shape index (κ2) is 3.29. The van der Waals surface area contributed by atoms with Crippen LogP contribution >= 0.6 is 11.5 Å². The van der Waals surface area contributed by atoms with Gasteiger partial charge in [-0.1, -0.05) is 4.49 Å². The number of nitrogens with two attached hydrogens (primary N) is 1. The first-order chi connectivity index (χ1) is 6.27. The van der Waals surface area contributed by atoms with Gasteiger partial charge < -0.3 is 11.1 Å². The zero-order chi connectivity index (χ0) is 9.26. The number of hydrogen-bond acceptors (Lipinski definition) is 5. The number of nitrogen functional groups attached to an aromatic ring is 1. The molecule has 0 bridgehead atoms. The summed E-state index contributed by atoms with van der Waals surface area (Å²) in [7, 11) is 0. The van der Waals surface area contributed by atoms with Crippen LogP contribution in [-0.2, 0) is 0 Å². The average Bonchev–Trinajstić information content (AvgIpc) is 2.43. The first kappa shape index (κ1) is 8.43. The van der Waals surface area contributed by atoms with Crippen molar-refractivity contribution in [2.75, 3.05) is 5.73 Å². The predicted octanol–water partition coefficient (Wildman–Crippen LogP) is 0.403. The van der Waals surface area contributed by atoms with Crippen LogP contribution in [0.5, 0.6) is 0 Å². The third-order valence-electron chi connectivity index (χ3n) is 2.16. The summed E-state index contributed by atoms with van der Waals surface area (Å²) in [6, 6.07) is 0.328. The van der Waals surface area contributed by atoms with Gasteiger partial charge in [0, 0.05) is 6.04 Å². The van der Waals surface area contributed by atoms with Crippen molar-refractivity contribution in [3.8, 4) is 0 Å². The van der Waals surface area contributed by atoms with Crippen LogP contribution < -0.4 is 11.1 Å². The Hall–Kier alpha value is -1.17. The number of aromatic nitrogens is 2. The summed E-state index contributed by atoms with van der Waals surface area (Å²) in [6.07, 6.45) is 3.33. The first-order valence-electron chi connectivity index (χ1n) is 4.16. The van der Waals surface area contributed by atoms with E-state index in [1.165, 1.54) is 6.42 Å². The molecule has 3 N–H and O–H groups in total. The molecule has 70 valence electrons. The highest BCUT2D eigenvalue weighted by atomic mass is 32.1. The van der Waals surface area contributed by atoms with Crippen molar-refractivity contribution in [2.24, 2.45) is 0 Å². The topological polar surface area (TPSA) is 80.9 Å². The fourth-order valence-corrected chi connectivity index (χ4v) is 1.65.